The van der Waals surface area contributed by atoms with Crippen LogP contribution in [-0.2, 0) is 4.79 Å². The number of rotatable bonds is 4. The lowest BCUT2D eigenvalue weighted by Gasteiger charge is -2.23. The van der Waals surface area contributed by atoms with Gasteiger partial charge >= 0.3 is 0 Å². The Kier molecular flexibility index (Phi) is 4.60. The van der Waals surface area contributed by atoms with Gasteiger partial charge in [0.2, 0.25) is 5.91 Å². The van der Waals surface area contributed by atoms with E-state index in [4.69, 9.17) is 5.26 Å². The minimum Gasteiger partial charge on any atom is -0.325 e. The van der Waals surface area contributed by atoms with E-state index in [1.807, 2.05) is 0 Å². The third-order valence-electron chi connectivity index (χ3n) is 4.13. The lowest BCUT2D eigenvalue weighted by molar-refractivity contribution is -0.133. The van der Waals surface area contributed by atoms with Crippen LogP contribution in [0.15, 0.2) is 0 Å². The van der Waals surface area contributed by atoms with E-state index < -0.39 is 0 Å². The van der Waals surface area contributed by atoms with E-state index in [1.165, 1.54) is 19.3 Å². The monoisotopic (exact) mass is 249 g/mol. The van der Waals surface area contributed by atoms with Crippen LogP contribution in [0, 0.1) is 11.3 Å². The zero-order valence-electron chi connectivity index (χ0n) is 11.2. The maximum absolute atomic E-state index is 12.3. The van der Waals surface area contributed by atoms with Gasteiger partial charge < -0.3 is 10.2 Å². The van der Waals surface area contributed by atoms with E-state index in [0.29, 0.717) is 6.04 Å². The summed E-state index contributed by atoms with van der Waals surface area (Å²) >= 11 is 0. The lowest BCUT2D eigenvalue weighted by Crippen LogP contribution is -2.46. The summed E-state index contributed by atoms with van der Waals surface area (Å²) in [5.74, 6) is 0.151. The van der Waals surface area contributed by atoms with Crippen molar-refractivity contribution < 1.29 is 4.79 Å². The molecule has 2 heterocycles. The van der Waals surface area contributed by atoms with Gasteiger partial charge in [0.25, 0.3) is 0 Å². The van der Waals surface area contributed by atoms with Crippen molar-refractivity contribution in [1.29, 1.82) is 5.26 Å². The van der Waals surface area contributed by atoms with Gasteiger partial charge in [-0.1, -0.05) is 19.8 Å². The van der Waals surface area contributed by atoms with Crippen molar-refractivity contribution >= 4 is 5.91 Å². The number of carbonyl (C=O) groups is 1. The summed E-state index contributed by atoms with van der Waals surface area (Å²) in [7, 11) is 0. The van der Waals surface area contributed by atoms with Crippen LogP contribution in [-0.4, -0.2) is 35.5 Å². The van der Waals surface area contributed by atoms with E-state index in [-0.39, 0.29) is 18.0 Å². The molecule has 0 aromatic heterocycles. The third-order valence-corrected chi connectivity index (χ3v) is 4.13. The average Bonchev–Trinajstić information content (AvgIpc) is 3.04. The van der Waals surface area contributed by atoms with Gasteiger partial charge in [0.15, 0.2) is 0 Å². The minimum atomic E-state index is -0.186. The Morgan fingerprint density at radius 1 is 1.44 bits per heavy atom. The lowest BCUT2D eigenvalue weighted by atomic mass is 10.1. The van der Waals surface area contributed by atoms with Gasteiger partial charge in [-0.05, 0) is 32.1 Å². The van der Waals surface area contributed by atoms with Crippen LogP contribution in [0.3, 0.4) is 0 Å². The van der Waals surface area contributed by atoms with E-state index in [0.717, 1.165) is 32.2 Å². The fourth-order valence-corrected chi connectivity index (χ4v) is 3.06. The molecule has 18 heavy (non-hydrogen) atoms. The summed E-state index contributed by atoms with van der Waals surface area (Å²) < 4.78 is 0. The first-order chi connectivity index (χ1) is 8.76. The van der Waals surface area contributed by atoms with Crippen molar-refractivity contribution in [2.75, 3.05) is 6.54 Å². The molecule has 2 saturated heterocycles. The number of nitrogens with one attached hydrogen (secondary N) is 1. The molecule has 0 bridgehead atoms. The number of carbonyl (C=O) groups excluding carboxylic acids is 1. The number of hydrogen-bond donors (Lipinski definition) is 1. The molecule has 100 valence electrons. The number of unbranched alkanes of at least 4 members (excludes halogenated alkanes) is 1. The Hall–Kier alpha value is -1.08. The highest BCUT2D eigenvalue weighted by Crippen LogP contribution is 2.23. The maximum Gasteiger partial charge on any atom is 0.240 e. The van der Waals surface area contributed by atoms with Crippen molar-refractivity contribution in [2.24, 2.45) is 0 Å². The van der Waals surface area contributed by atoms with Crippen LogP contribution in [0.5, 0.6) is 0 Å². The Balaban J connectivity index is 1.85. The Labute approximate surface area is 109 Å². The number of amides is 1. The number of nitrogens with zero attached hydrogens (tertiary/aromatic N) is 2. The van der Waals surface area contributed by atoms with Crippen LogP contribution in [0.2, 0.25) is 0 Å². The van der Waals surface area contributed by atoms with Crippen LogP contribution in [0.1, 0.15) is 51.9 Å². The van der Waals surface area contributed by atoms with E-state index in [1.54, 1.807) is 4.90 Å². The van der Waals surface area contributed by atoms with Crippen LogP contribution >= 0.6 is 0 Å². The van der Waals surface area contributed by atoms with Crippen LogP contribution < -0.4 is 5.32 Å². The summed E-state index contributed by atoms with van der Waals surface area (Å²) in [6.07, 6.45) is 7.44. The molecular formula is C14H23N3O. The van der Waals surface area contributed by atoms with Crippen LogP contribution in [0.4, 0.5) is 0 Å². The van der Waals surface area contributed by atoms with Gasteiger partial charge in [-0.15, -0.1) is 0 Å². The fourth-order valence-electron chi connectivity index (χ4n) is 3.06. The van der Waals surface area contributed by atoms with Crippen molar-refractivity contribution in [3.8, 4) is 6.07 Å². The van der Waals surface area contributed by atoms with Crippen molar-refractivity contribution in [2.45, 2.75) is 70.0 Å². The fraction of sp³-hybridized carbons (Fsp3) is 0.857. The standard InChI is InChI=1S/C14H23N3O/c1-2-3-5-11-7-8-13(16-11)14(18)17-9-4-6-12(17)10-15/h11-13,16H,2-9H2,1H3/t11-,12+,13+/m1/s1. The molecule has 0 aromatic rings. The molecule has 1 amide bonds. The van der Waals surface area contributed by atoms with E-state index >= 15 is 0 Å². The first-order valence-electron chi connectivity index (χ1n) is 7.22. The third kappa shape index (κ3) is 2.84. The molecule has 4 nitrogen and oxygen atoms in total. The first kappa shape index (κ1) is 13.4. The molecule has 0 saturated carbocycles. The summed E-state index contributed by atoms with van der Waals surface area (Å²) in [6.45, 7) is 2.95. The topological polar surface area (TPSA) is 56.1 Å². The van der Waals surface area contributed by atoms with Crippen molar-refractivity contribution in [1.82, 2.24) is 10.2 Å². The molecule has 2 aliphatic rings. The number of likely N-dealkylation sites (tertiary alicyclic amines) is 1. The zero-order valence-corrected chi connectivity index (χ0v) is 11.2. The van der Waals surface area contributed by atoms with Gasteiger partial charge in [-0.25, -0.2) is 0 Å². The largest absolute Gasteiger partial charge is 0.325 e. The molecule has 0 radical (unpaired) electrons. The molecule has 4 heteroatoms. The van der Waals surface area contributed by atoms with E-state index in [9.17, 15) is 4.79 Å². The number of hydrogen-bond acceptors (Lipinski definition) is 3. The molecule has 3 atom stereocenters. The van der Waals surface area contributed by atoms with E-state index in [2.05, 4.69) is 18.3 Å². The van der Waals surface area contributed by atoms with Crippen molar-refractivity contribution in [3.63, 3.8) is 0 Å². The SMILES string of the molecule is CCCC[C@@H]1CC[C@@H](C(=O)N2CCC[C@H]2C#N)N1. The highest BCUT2D eigenvalue weighted by Gasteiger charge is 2.36. The number of nitriles is 1. The van der Waals surface area contributed by atoms with Gasteiger partial charge in [0.05, 0.1) is 12.1 Å². The zero-order chi connectivity index (χ0) is 13.0. The highest BCUT2D eigenvalue weighted by molar-refractivity contribution is 5.83. The molecular weight excluding hydrogens is 226 g/mol. The van der Waals surface area contributed by atoms with Gasteiger partial charge in [0.1, 0.15) is 6.04 Å². The highest BCUT2D eigenvalue weighted by atomic mass is 16.2. The molecule has 0 aromatic carbocycles. The van der Waals surface area contributed by atoms with Gasteiger partial charge in [0, 0.05) is 12.6 Å². The first-order valence-corrected chi connectivity index (χ1v) is 7.22. The normalized spacial score (nSPS) is 31.6. The maximum atomic E-state index is 12.3. The average molecular weight is 249 g/mol. The Bertz CT molecular complexity index is 336. The molecule has 2 fully saturated rings. The second-order valence-electron chi connectivity index (χ2n) is 5.45. The quantitative estimate of drug-likeness (QED) is 0.826. The molecule has 2 aliphatic heterocycles. The summed E-state index contributed by atoms with van der Waals surface area (Å²) in [5, 5.41) is 12.5. The Morgan fingerprint density at radius 3 is 3.00 bits per heavy atom. The van der Waals surface area contributed by atoms with Gasteiger partial charge in [-0.3, -0.25) is 4.79 Å². The second-order valence-corrected chi connectivity index (χ2v) is 5.45. The van der Waals surface area contributed by atoms with Gasteiger partial charge in [-0.2, -0.15) is 5.26 Å². The summed E-state index contributed by atoms with van der Waals surface area (Å²) in [5.41, 5.74) is 0. The van der Waals surface area contributed by atoms with Crippen molar-refractivity contribution in [3.05, 3.63) is 0 Å². The molecule has 1 N–H and O–H groups in total. The molecule has 0 unspecified atom stereocenters. The molecule has 0 aliphatic carbocycles. The molecule has 0 spiro atoms. The predicted octanol–water partition coefficient (Wildman–Crippen LogP) is 1.81. The minimum absolute atomic E-state index is 0.0409. The smallest absolute Gasteiger partial charge is 0.240 e. The summed E-state index contributed by atoms with van der Waals surface area (Å²) in [4.78, 5) is 14.1. The Morgan fingerprint density at radius 2 is 2.28 bits per heavy atom. The second kappa shape index (κ2) is 6.19. The summed E-state index contributed by atoms with van der Waals surface area (Å²) in [6, 6.07) is 2.52. The van der Waals surface area contributed by atoms with Crippen LogP contribution in [0.25, 0.3) is 0 Å². The molecule has 2 rings (SSSR count). The predicted molar refractivity (Wildman–Crippen MR) is 69.8 cm³/mol.